The zero-order valence-electron chi connectivity index (χ0n) is 19.8. The molecule has 1 unspecified atom stereocenters. The summed E-state index contributed by atoms with van der Waals surface area (Å²) in [7, 11) is 0. The molecule has 1 aliphatic heterocycles. The van der Waals surface area contributed by atoms with E-state index < -0.39 is 17.7 Å². The fourth-order valence-corrected chi connectivity index (χ4v) is 4.55. The molecule has 0 saturated carbocycles. The molecule has 1 aliphatic rings. The Morgan fingerprint density at radius 2 is 1.89 bits per heavy atom. The first-order valence-corrected chi connectivity index (χ1v) is 12.1. The molecule has 0 aliphatic carbocycles. The summed E-state index contributed by atoms with van der Waals surface area (Å²) in [6, 6.07) is 11.9. The number of benzene rings is 2. The van der Waals surface area contributed by atoms with Gasteiger partial charge in [-0.25, -0.2) is 4.98 Å². The van der Waals surface area contributed by atoms with Crippen molar-refractivity contribution in [1.82, 2.24) is 14.5 Å². The van der Waals surface area contributed by atoms with Gasteiger partial charge in [0.05, 0.1) is 29.6 Å². The first kappa shape index (κ1) is 24.5. The lowest BCUT2D eigenvalue weighted by Crippen LogP contribution is -2.31. The standard InChI is InChI=1S/C27H28ClN3O4/c1-3-18-6-8-19(9-7-18)24-23(25(32)20-10-11-22(35-4-2)21(28)16-20)26(33)27(34)31(24)14-5-13-30-15-12-29-17-30/h6-12,15-17,24,32H,3-5,13-14H2,1-2H3/b25-23-. The predicted molar refractivity (Wildman–Crippen MR) is 134 cm³/mol. The van der Waals surface area contributed by atoms with E-state index in [0.29, 0.717) is 42.5 Å². The highest BCUT2D eigenvalue weighted by Crippen LogP contribution is 2.40. The molecule has 1 atom stereocenters. The second-order valence-corrected chi connectivity index (χ2v) is 8.73. The Morgan fingerprint density at radius 3 is 2.51 bits per heavy atom. The molecule has 1 N–H and O–H groups in total. The molecule has 7 nitrogen and oxygen atoms in total. The number of imidazole rings is 1. The SMILES string of the molecule is CCOc1ccc(/C(O)=C2/C(=O)C(=O)N(CCCn3ccnc3)C2c2ccc(CC)cc2)cc1Cl. The van der Waals surface area contributed by atoms with Crippen LogP contribution < -0.4 is 4.74 Å². The summed E-state index contributed by atoms with van der Waals surface area (Å²) in [5.74, 6) is -1.11. The largest absolute Gasteiger partial charge is 0.507 e. The van der Waals surface area contributed by atoms with Crippen LogP contribution in [-0.4, -0.2) is 44.4 Å². The topological polar surface area (TPSA) is 84.7 Å². The quantitative estimate of drug-likeness (QED) is 0.257. The molecule has 8 heteroatoms. The maximum absolute atomic E-state index is 13.2. The van der Waals surface area contributed by atoms with Crippen molar-refractivity contribution in [2.24, 2.45) is 0 Å². The molecule has 4 rings (SSSR count). The third kappa shape index (κ3) is 5.10. The maximum Gasteiger partial charge on any atom is 0.295 e. The first-order chi connectivity index (χ1) is 16.9. The van der Waals surface area contributed by atoms with Crippen LogP contribution in [0.3, 0.4) is 0 Å². The van der Waals surface area contributed by atoms with E-state index in [4.69, 9.17) is 16.3 Å². The number of halogens is 1. The molecule has 1 aromatic heterocycles. The molecular formula is C27H28ClN3O4. The minimum atomic E-state index is -0.709. The molecule has 182 valence electrons. The van der Waals surface area contributed by atoms with E-state index in [1.165, 1.54) is 0 Å². The minimum Gasteiger partial charge on any atom is -0.507 e. The van der Waals surface area contributed by atoms with E-state index in [0.717, 1.165) is 17.5 Å². The number of carbonyl (C=O) groups excluding carboxylic acids is 2. The summed E-state index contributed by atoms with van der Waals surface area (Å²) in [6.07, 6.45) is 6.76. The van der Waals surface area contributed by atoms with Gasteiger partial charge in [-0.15, -0.1) is 0 Å². The van der Waals surface area contributed by atoms with Crippen molar-refractivity contribution in [2.45, 2.75) is 39.3 Å². The average molecular weight is 494 g/mol. The van der Waals surface area contributed by atoms with Gasteiger partial charge in [-0.05, 0) is 49.1 Å². The fourth-order valence-electron chi connectivity index (χ4n) is 4.31. The highest BCUT2D eigenvalue weighted by molar-refractivity contribution is 6.46. The van der Waals surface area contributed by atoms with Gasteiger partial charge in [0.1, 0.15) is 11.5 Å². The number of hydrogen-bond acceptors (Lipinski definition) is 5. The lowest BCUT2D eigenvalue weighted by atomic mass is 9.94. The number of ketones is 1. The van der Waals surface area contributed by atoms with E-state index >= 15 is 0 Å². The summed E-state index contributed by atoms with van der Waals surface area (Å²) < 4.78 is 7.39. The number of aliphatic hydroxyl groups excluding tert-OH is 1. The second kappa shape index (κ2) is 10.8. The van der Waals surface area contributed by atoms with Crippen LogP contribution >= 0.6 is 11.6 Å². The van der Waals surface area contributed by atoms with Crippen LogP contribution in [0.1, 0.15) is 43.0 Å². The van der Waals surface area contributed by atoms with E-state index in [2.05, 4.69) is 11.9 Å². The smallest absolute Gasteiger partial charge is 0.295 e. The normalized spacial score (nSPS) is 17.2. The Bertz CT molecular complexity index is 1240. The van der Waals surface area contributed by atoms with Crippen molar-refractivity contribution < 1.29 is 19.4 Å². The zero-order valence-corrected chi connectivity index (χ0v) is 20.5. The molecular weight excluding hydrogens is 466 g/mol. The molecule has 0 bridgehead atoms. The number of Topliss-reactive ketones (excluding diaryl/α,β-unsaturated/α-hetero) is 1. The van der Waals surface area contributed by atoms with Crippen LogP contribution in [0.25, 0.3) is 5.76 Å². The number of amides is 1. The third-order valence-electron chi connectivity index (χ3n) is 6.12. The molecule has 2 aromatic carbocycles. The minimum absolute atomic E-state index is 0.0575. The Morgan fingerprint density at radius 1 is 1.11 bits per heavy atom. The number of aryl methyl sites for hydroxylation is 2. The van der Waals surface area contributed by atoms with Crippen LogP contribution in [0, 0.1) is 0 Å². The monoisotopic (exact) mass is 493 g/mol. The van der Waals surface area contributed by atoms with Crippen molar-refractivity contribution >= 4 is 29.1 Å². The lowest BCUT2D eigenvalue weighted by molar-refractivity contribution is -0.139. The molecule has 1 amide bonds. The van der Waals surface area contributed by atoms with E-state index in [9.17, 15) is 14.7 Å². The van der Waals surface area contributed by atoms with Gasteiger partial charge < -0.3 is 19.3 Å². The summed E-state index contributed by atoms with van der Waals surface area (Å²) in [4.78, 5) is 31.9. The van der Waals surface area contributed by atoms with Crippen LogP contribution in [0.2, 0.25) is 5.02 Å². The van der Waals surface area contributed by atoms with Crippen molar-refractivity contribution in [1.29, 1.82) is 0 Å². The Labute approximate surface area is 209 Å². The Kier molecular flexibility index (Phi) is 7.56. The van der Waals surface area contributed by atoms with Gasteiger partial charge >= 0.3 is 0 Å². The molecule has 0 radical (unpaired) electrons. The van der Waals surface area contributed by atoms with Gasteiger partial charge in [-0.2, -0.15) is 0 Å². The predicted octanol–water partition coefficient (Wildman–Crippen LogP) is 5.01. The van der Waals surface area contributed by atoms with Crippen molar-refractivity contribution in [3.63, 3.8) is 0 Å². The van der Waals surface area contributed by atoms with Gasteiger partial charge in [0.15, 0.2) is 0 Å². The van der Waals surface area contributed by atoms with Gasteiger partial charge in [-0.1, -0.05) is 42.8 Å². The average Bonchev–Trinajstić information content (AvgIpc) is 3.47. The van der Waals surface area contributed by atoms with E-state index in [1.807, 2.05) is 42.0 Å². The summed E-state index contributed by atoms with van der Waals surface area (Å²) in [6.45, 7) is 5.36. The number of likely N-dealkylation sites (tertiary alicyclic amines) is 1. The second-order valence-electron chi connectivity index (χ2n) is 8.32. The van der Waals surface area contributed by atoms with Crippen LogP contribution in [0.5, 0.6) is 5.75 Å². The lowest BCUT2D eigenvalue weighted by Gasteiger charge is -2.25. The van der Waals surface area contributed by atoms with E-state index in [1.54, 1.807) is 35.6 Å². The number of nitrogens with zero attached hydrogens (tertiary/aromatic N) is 3. The highest BCUT2D eigenvalue weighted by Gasteiger charge is 2.45. The van der Waals surface area contributed by atoms with Crippen LogP contribution in [-0.2, 0) is 22.6 Å². The summed E-state index contributed by atoms with van der Waals surface area (Å²) >= 11 is 6.33. The number of aromatic nitrogens is 2. The molecule has 35 heavy (non-hydrogen) atoms. The van der Waals surface area contributed by atoms with Crippen LogP contribution in [0.15, 0.2) is 66.8 Å². The maximum atomic E-state index is 13.2. The molecule has 0 spiro atoms. The molecule has 2 heterocycles. The molecule has 1 saturated heterocycles. The Balaban J connectivity index is 1.73. The van der Waals surface area contributed by atoms with E-state index in [-0.39, 0.29) is 11.3 Å². The van der Waals surface area contributed by atoms with Crippen molar-refractivity contribution in [2.75, 3.05) is 13.2 Å². The fraction of sp³-hybridized carbons (Fsp3) is 0.296. The van der Waals surface area contributed by atoms with Gasteiger partial charge in [0, 0.05) is 31.0 Å². The summed E-state index contributed by atoms with van der Waals surface area (Å²) in [5, 5.41) is 11.6. The van der Waals surface area contributed by atoms with Crippen LogP contribution in [0.4, 0.5) is 0 Å². The van der Waals surface area contributed by atoms with Gasteiger partial charge in [0.2, 0.25) is 0 Å². The Hall–Kier alpha value is -3.58. The third-order valence-corrected chi connectivity index (χ3v) is 6.42. The van der Waals surface area contributed by atoms with Gasteiger partial charge in [-0.3, -0.25) is 9.59 Å². The molecule has 3 aromatic rings. The number of ether oxygens (including phenoxy) is 1. The number of aliphatic hydroxyl groups is 1. The first-order valence-electron chi connectivity index (χ1n) is 11.7. The van der Waals surface area contributed by atoms with Crippen molar-refractivity contribution in [3.05, 3.63) is 88.5 Å². The number of rotatable bonds is 9. The van der Waals surface area contributed by atoms with Gasteiger partial charge in [0.25, 0.3) is 11.7 Å². The van der Waals surface area contributed by atoms with Crippen molar-refractivity contribution in [3.8, 4) is 5.75 Å². The molecule has 1 fully saturated rings. The number of carbonyl (C=O) groups is 2. The zero-order chi connectivity index (χ0) is 24.9. The summed E-state index contributed by atoms with van der Waals surface area (Å²) in [5.41, 5.74) is 2.32. The highest BCUT2D eigenvalue weighted by atomic mass is 35.5. The number of hydrogen-bond donors (Lipinski definition) is 1.